The minimum absolute atomic E-state index is 0.0961. The molecule has 0 aromatic heterocycles. The number of nitrogens with two attached hydrogens (primary N) is 1. The molecule has 0 unspecified atom stereocenters. The van der Waals surface area contributed by atoms with Crippen molar-refractivity contribution in [3.8, 4) is 0 Å². The molecular formula is C9H15Cl3N2O2. The van der Waals surface area contributed by atoms with Crippen LogP contribution in [0.25, 0.3) is 0 Å². The Hall–Kier alpha value is -0.450. The number of hydrogen-bond donors (Lipinski definition) is 2. The molecule has 16 heavy (non-hydrogen) atoms. The van der Waals surface area contributed by atoms with Crippen LogP contribution in [0.15, 0.2) is 11.8 Å². The molecule has 0 aromatic carbocycles. The predicted molar refractivity (Wildman–Crippen MR) is 67.3 cm³/mol. The topological polar surface area (TPSA) is 72.2 Å². The number of allylic oxidation sites excluding steroid dienone is 1. The average Bonchev–Trinajstić information content (AvgIpc) is 2.00. The Morgan fingerprint density at radius 2 is 1.62 bits per heavy atom. The maximum atomic E-state index is 11.0. The lowest BCUT2D eigenvalue weighted by atomic mass is 10.2. The van der Waals surface area contributed by atoms with Crippen molar-refractivity contribution < 1.29 is 9.59 Å². The highest BCUT2D eigenvalue weighted by molar-refractivity contribution is 6.63. The minimum atomic E-state index is -0.750. The van der Waals surface area contributed by atoms with E-state index in [2.05, 4.69) is 5.32 Å². The third-order valence-electron chi connectivity index (χ3n) is 1.20. The molecule has 0 aliphatic rings. The molecule has 3 N–H and O–H groups in total. The number of alkyl halides is 3. The molecule has 0 rings (SSSR count). The average molecular weight is 290 g/mol. The molecule has 7 heteroatoms. The Balaban J connectivity index is 0. The van der Waals surface area contributed by atoms with Crippen molar-refractivity contribution >= 4 is 46.6 Å². The van der Waals surface area contributed by atoms with E-state index in [9.17, 15) is 9.59 Å². The molecule has 0 fully saturated rings. The standard InChI is InChI=1S/C8H14N2O2.CHCl3/c1-5(2)8(12)10-6(3)4-7(9)11;2-1(3)4/h4-5H,1-3H3,(H2,9,11)(H,10,12);1H/b6-4-;. The third kappa shape index (κ3) is 16.0. The summed E-state index contributed by atoms with van der Waals surface area (Å²) in [6, 6.07) is 0. The molecule has 0 atom stereocenters. The zero-order valence-corrected chi connectivity index (χ0v) is 11.5. The number of amides is 2. The van der Waals surface area contributed by atoms with Crippen LogP contribution in [0.3, 0.4) is 0 Å². The van der Waals surface area contributed by atoms with Gasteiger partial charge in [-0.2, -0.15) is 0 Å². The largest absolute Gasteiger partial charge is 0.366 e. The zero-order chi connectivity index (χ0) is 13.3. The van der Waals surface area contributed by atoms with Gasteiger partial charge in [0, 0.05) is 17.7 Å². The van der Waals surface area contributed by atoms with Crippen molar-refractivity contribution in [1.82, 2.24) is 5.32 Å². The highest BCUT2D eigenvalue weighted by Gasteiger charge is 2.06. The smallest absolute Gasteiger partial charge is 0.243 e. The van der Waals surface area contributed by atoms with Crippen molar-refractivity contribution in [3.05, 3.63) is 11.8 Å². The van der Waals surface area contributed by atoms with Gasteiger partial charge in [0.05, 0.1) is 0 Å². The number of carbonyl (C=O) groups is 2. The van der Waals surface area contributed by atoms with Crippen LogP contribution in [0.1, 0.15) is 20.8 Å². The van der Waals surface area contributed by atoms with Gasteiger partial charge >= 0.3 is 0 Å². The fraction of sp³-hybridized carbons (Fsp3) is 0.556. The molecule has 0 aliphatic heterocycles. The number of carbonyl (C=O) groups excluding carboxylic acids is 2. The quantitative estimate of drug-likeness (QED) is 0.617. The van der Waals surface area contributed by atoms with Crippen molar-refractivity contribution in [2.24, 2.45) is 11.7 Å². The highest BCUT2D eigenvalue weighted by atomic mass is 35.6. The molecule has 0 aliphatic carbocycles. The van der Waals surface area contributed by atoms with Crippen LogP contribution in [-0.2, 0) is 9.59 Å². The van der Waals surface area contributed by atoms with E-state index < -0.39 is 10.2 Å². The first-order chi connectivity index (χ1) is 7.16. The summed E-state index contributed by atoms with van der Waals surface area (Å²) in [7, 11) is 0. The van der Waals surface area contributed by atoms with Gasteiger partial charge in [-0.1, -0.05) is 48.7 Å². The minimum Gasteiger partial charge on any atom is -0.366 e. The number of rotatable bonds is 3. The molecule has 4 nitrogen and oxygen atoms in total. The van der Waals surface area contributed by atoms with Crippen LogP contribution in [-0.4, -0.2) is 16.1 Å². The molecule has 0 radical (unpaired) electrons. The Labute approximate surface area is 110 Å². The van der Waals surface area contributed by atoms with E-state index in [0.717, 1.165) is 0 Å². The first-order valence-electron chi connectivity index (χ1n) is 4.37. The van der Waals surface area contributed by atoms with Crippen LogP contribution in [0, 0.1) is 5.92 Å². The number of halogens is 3. The van der Waals surface area contributed by atoms with Gasteiger partial charge in [0.2, 0.25) is 11.8 Å². The fourth-order valence-electron chi connectivity index (χ4n) is 0.588. The Morgan fingerprint density at radius 3 is 1.88 bits per heavy atom. The summed E-state index contributed by atoms with van der Waals surface area (Å²) in [6.45, 7) is 5.16. The van der Waals surface area contributed by atoms with E-state index in [-0.39, 0.29) is 11.8 Å². The summed E-state index contributed by atoms with van der Waals surface area (Å²) >= 11 is 14.4. The van der Waals surface area contributed by atoms with Crippen LogP contribution in [0.2, 0.25) is 0 Å². The fourth-order valence-corrected chi connectivity index (χ4v) is 0.588. The van der Waals surface area contributed by atoms with E-state index in [1.807, 2.05) is 0 Å². The first-order valence-corrected chi connectivity index (χ1v) is 5.68. The maximum absolute atomic E-state index is 11.0. The van der Waals surface area contributed by atoms with Gasteiger partial charge in [0.25, 0.3) is 0 Å². The van der Waals surface area contributed by atoms with E-state index in [1.165, 1.54) is 6.08 Å². The summed E-state index contributed by atoms with van der Waals surface area (Å²) in [4.78, 5) is 21.4. The molecule has 0 saturated carbocycles. The normalized spacial score (nSPS) is 10.9. The van der Waals surface area contributed by atoms with Crippen LogP contribution >= 0.6 is 34.8 Å². The lowest BCUT2D eigenvalue weighted by Gasteiger charge is -2.06. The number of hydrogen-bond acceptors (Lipinski definition) is 2. The predicted octanol–water partition coefficient (Wildman–Crippen LogP) is 2.13. The molecule has 2 amide bonds. The van der Waals surface area contributed by atoms with Gasteiger partial charge in [0.15, 0.2) is 4.30 Å². The van der Waals surface area contributed by atoms with Crippen molar-refractivity contribution in [2.75, 3.05) is 0 Å². The summed E-state index contributed by atoms with van der Waals surface area (Å²) in [5.74, 6) is -0.775. The summed E-state index contributed by atoms with van der Waals surface area (Å²) < 4.78 is -0.750. The Kier molecular flexibility index (Phi) is 10.9. The lowest BCUT2D eigenvalue weighted by Crippen LogP contribution is -2.27. The number of primary amides is 1. The molecule has 0 bridgehead atoms. The van der Waals surface area contributed by atoms with Gasteiger partial charge in [0.1, 0.15) is 0 Å². The van der Waals surface area contributed by atoms with Gasteiger partial charge < -0.3 is 11.1 Å². The van der Waals surface area contributed by atoms with E-state index in [1.54, 1.807) is 20.8 Å². The molecule has 0 spiro atoms. The maximum Gasteiger partial charge on any atom is 0.243 e. The zero-order valence-electron chi connectivity index (χ0n) is 9.26. The lowest BCUT2D eigenvalue weighted by molar-refractivity contribution is -0.123. The van der Waals surface area contributed by atoms with Crippen LogP contribution < -0.4 is 11.1 Å². The summed E-state index contributed by atoms with van der Waals surface area (Å²) in [5, 5.41) is 2.53. The monoisotopic (exact) mass is 288 g/mol. The van der Waals surface area contributed by atoms with Crippen molar-refractivity contribution in [2.45, 2.75) is 25.1 Å². The Morgan fingerprint density at radius 1 is 1.25 bits per heavy atom. The molecular weight excluding hydrogens is 274 g/mol. The summed E-state index contributed by atoms with van der Waals surface area (Å²) in [5.41, 5.74) is 5.35. The highest BCUT2D eigenvalue weighted by Crippen LogP contribution is 2.03. The van der Waals surface area contributed by atoms with E-state index >= 15 is 0 Å². The second-order valence-electron chi connectivity index (χ2n) is 3.12. The van der Waals surface area contributed by atoms with Gasteiger partial charge in [-0.05, 0) is 6.92 Å². The Bertz CT molecular complexity index is 263. The van der Waals surface area contributed by atoms with Crippen LogP contribution in [0.5, 0.6) is 0 Å². The van der Waals surface area contributed by atoms with Crippen molar-refractivity contribution in [3.63, 3.8) is 0 Å². The molecule has 0 aromatic rings. The van der Waals surface area contributed by atoms with Gasteiger partial charge in [-0.3, -0.25) is 9.59 Å². The molecule has 0 heterocycles. The first kappa shape index (κ1) is 17.9. The van der Waals surface area contributed by atoms with Gasteiger partial charge in [-0.15, -0.1) is 0 Å². The van der Waals surface area contributed by atoms with E-state index in [0.29, 0.717) is 5.70 Å². The SMILES string of the molecule is C/C(=C/C(N)=O)NC(=O)C(C)C.ClC(Cl)Cl. The molecule has 0 saturated heterocycles. The summed E-state index contributed by atoms with van der Waals surface area (Å²) in [6.07, 6.45) is 1.18. The second-order valence-corrected chi connectivity index (χ2v) is 5.10. The van der Waals surface area contributed by atoms with Crippen LogP contribution in [0.4, 0.5) is 0 Å². The number of nitrogens with one attached hydrogen (secondary N) is 1. The van der Waals surface area contributed by atoms with Crippen molar-refractivity contribution in [1.29, 1.82) is 0 Å². The van der Waals surface area contributed by atoms with E-state index in [4.69, 9.17) is 40.5 Å². The second kappa shape index (κ2) is 9.75. The third-order valence-corrected chi connectivity index (χ3v) is 1.20. The van der Waals surface area contributed by atoms with Gasteiger partial charge in [-0.25, -0.2) is 0 Å². The molecule has 94 valence electrons.